The molecule has 8 nitrogen and oxygen atoms in total. The molecule has 0 bridgehead atoms. The van der Waals surface area contributed by atoms with Crippen LogP contribution in [0.1, 0.15) is 16.7 Å². The van der Waals surface area contributed by atoms with Gasteiger partial charge >= 0.3 is 11.9 Å². The number of halogens is 1. The number of carbonyl (C=O) groups is 2. The summed E-state index contributed by atoms with van der Waals surface area (Å²) >= 11 is 6.15. The van der Waals surface area contributed by atoms with Gasteiger partial charge in [0.05, 0.1) is 15.5 Å². The molecular weight excluding hydrogens is 460 g/mol. The summed E-state index contributed by atoms with van der Waals surface area (Å²) in [7, 11) is 0. The van der Waals surface area contributed by atoms with Gasteiger partial charge in [-0.1, -0.05) is 54.1 Å². The van der Waals surface area contributed by atoms with Crippen molar-refractivity contribution in [2.75, 3.05) is 0 Å². The first kappa shape index (κ1) is 22.6. The second-order valence-electron chi connectivity index (χ2n) is 6.96. The SMILES string of the molecule is O=C(/C=C/c1cccc([N+](=O)[O-])c1)Oc1ccccc1/C=C1\N=C(c2ccccc2Cl)OC1=O. The minimum Gasteiger partial charge on any atom is -0.423 e. The van der Waals surface area contributed by atoms with E-state index < -0.39 is 16.9 Å². The first-order valence-electron chi connectivity index (χ1n) is 9.91. The molecule has 3 aromatic rings. The summed E-state index contributed by atoms with van der Waals surface area (Å²) < 4.78 is 10.6. The third kappa shape index (κ3) is 5.25. The summed E-state index contributed by atoms with van der Waals surface area (Å²) in [6, 6.07) is 19.2. The monoisotopic (exact) mass is 474 g/mol. The Balaban J connectivity index is 1.54. The molecule has 0 atom stereocenters. The average Bonchev–Trinajstić information content (AvgIpc) is 3.19. The lowest BCUT2D eigenvalue weighted by molar-refractivity contribution is -0.384. The van der Waals surface area contributed by atoms with Gasteiger partial charge in [0.15, 0.2) is 5.70 Å². The van der Waals surface area contributed by atoms with E-state index in [2.05, 4.69) is 4.99 Å². The molecule has 34 heavy (non-hydrogen) atoms. The third-order valence-corrected chi connectivity index (χ3v) is 4.97. The number of non-ortho nitro benzene ring substituents is 1. The highest BCUT2D eigenvalue weighted by Crippen LogP contribution is 2.27. The van der Waals surface area contributed by atoms with Crippen molar-refractivity contribution in [1.82, 2.24) is 0 Å². The predicted octanol–water partition coefficient (Wildman–Crippen LogP) is 5.21. The van der Waals surface area contributed by atoms with Crippen LogP contribution >= 0.6 is 11.6 Å². The zero-order chi connectivity index (χ0) is 24.1. The number of cyclic esters (lactones) is 1. The van der Waals surface area contributed by atoms with Gasteiger partial charge in [-0.3, -0.25) is 10.1 Å². The zero-order valence-corrected chi connectivity index (χ0v) is 18.1. The third-order valence-electron chi connectivity index (χ3n) is 4.64. The van der Waals surface area contributed by atoms with Crippen LogP contribution in [0.25, 0.3) is 12.2 Å². The van der Waals surface area contributed by atoms with Crippen molar-refractivity contribution in [3.63, 3.8) is 0 Å². The number of benzene rings is 3. The van der Waals surface area contributed by atoms with Crippen LogP contribution < -0.4 is 4.74 Å². The van der Waals surface area contributed by atoms with Crippen LogP contribution in [-0.2, 0) is 14.3 Å². The Morgan fingerprint density at radius 3 is 2.62 bits per heavy atom. The fourth-order valence-corrected chi connectivity index (χ4v) is 3.26. The Labute approximate surface area is 198 Å². The number of aliphatic imine (C=N–C) groups is 1. The molecule has 0 spiro atoms. The summed E-state index contributed by atoms with van der Waals surface area (Å²) in [6.07, 6.45) is 4.00. The van der Waals surface area contributed by atoms with Gasteiger partial charge in [0.1, 0.15) is 5.75 Å². The maximum atomic E-state index is 12.3. The van der Waals surface area contributed by atoms with Crippen LogP contribution in [-0.4, -0.2) is 22.8 Å². The van der Waals surface area contributed by atoms with Crippen molar-refractivity contribution in [3.05, 3.63) is 116 Å². The molecule has 168 valence electrons. The molecular formula is C25H15ClN2O6. The van der Waals surface area contributed by atoms with E-state index in [0.29, 0.717) is 21.7 Å². The Kier molecular flexibility index (Phi) is 6.61. The molecule has 0 saturated carbocycles. The lowest BCUT2D eigenvalue weighted by Crippen LogP contribution is -2.06. The number of nitro benzene ring substituents is 1. The standard InChI is InChI=1S/C25H15ClN2O6/c26-20-10-3-2-9-19(20)24-27-21(25(30)34-24)15-17-7-1-4-11-22(17)33-23(29)13-12-16-6-5-8-18(14-16)28(31)32/h1-15H/b13-12+,21-15-. The first-order valence-corrected chi connectivity index (χ1v) is 10.3. The van der Waals surface area contributed by atoms with Crippen LogP contribution in [0.3, 0.4) is 0 Å². The number of nitro groups is 1. The summed E-state index contributed by atoms with van der Waals surface area (Å²) in [5, 5.41) is 11.3. The van der Waals surface area contributed by atoms with E-state index in [1.165, 1.54) is 30.4 Å². The maximum absolute atomic E-state index is 12.3. The van der Waals surface area contributed by atoms with Crippen LogP contribution in [0.5, 0.6) is 5.75 Å². The molecule has 0 saturated heterocycles. The lowest BCUT2D eigenvalue weighted by Gasteiger charge is -2.05. The van der Waals surface area contributed by atoms with Crippen LogP contribution in [0, 0.1) is 10.1 Å². The largest absolute Gasteiger partial charge is 0.423 e. The summed E-state index contributed by atoms with van der Waals surface area (Å²) in [5.74, 6) is -1.10. The highest BCUT2D eigenvalue weighted by Gasteiger charge is 2.26. The molecule has 0 N–H and O–H groups in total. The molecule has 1 aliphatic rings. The Morgan fingerprint density at radius 1 is 1.06 bits per heavy atom. The highest BCUT2D eigenvalue weighted by atomic mass is 35.5. The number of para-hydroxylation sites is 1. The van der Waals surface area contributed by atoms with Gasteiger partial charge in [-0.05, 0) is 35.9 Å². The van der Waals surface area contributed by atoms with Gasteiger partial charge < -0.3 is 9.47 Å². The minimum absolute atomic E-state index is 0.0190. The molecule has 1 aliphatic heterocycles. The van der Waals surface area contributed by atoms with E-state index in [0.717, 1.165) is 6.08 Å². The minimum atomic E-state index is -0.702. The zero-order valence-electron chi connectivity index (χ0n) is 17.4. The number of rotatable bonds is 6. The van der Waals surface area contributed by atoms with Gasteiger partial charge in [-0.25, -0.2) is 14.6 Å². The highest BCUT2D eigenvalue weighted by molar-refractivity contribution is 6.34. The van der Waals surface area contributed by atoms with Gasteiger partial charge in [0.2, 0.25) is 5.90 Å². The summed E-state index contributed by atoms with van der Waals surface area (Å²) in [4.78, 5) is 39.3. The average molecular weight is 475 g/mol. The number of hydrogen-bond acceptors (Lipinski definition) is 7. The fraction of sp³-hybridized carbons (Fsp3) is 0. The smallest absolute Gasteiger partial charge is 0.363 e. The molecule has 0 fully saturated rings. The second kappa shape index (κ2) is 9.93. The lowest BCUT2D eigenvalue weighted by atomic mass is 10.1. The van der Waals surface area contributed by atoms with Crippen LogP contribution in [0.4, 0.5) is 5.69 Å². The molecule has 0 radical (unpaired) electrons. The number of nitrogens with zero attached hydrogens (tertiary/aromatic N) is 2. The predicted molar refractivity (Wildman–Crippen MR) is 126 cm³/mol. The van der Waals surface area contributed by atoms with Crippen molar-refractivity contribution in [2.45, 2.75) is 0 Å². The molecule has 1 heterocycles. The maximum Gasteiger partial charge on any atom is 0.363 e. The van der Waals surface area contributed by atoms with Gasteiger partial charge in [0, 0.05) is 23.8 Å². The normalized spacial score (nSPS) is 14.2. The number of carbonyl (C=O) groups excluding carboxylic acids is 2. The Morgan fingerprint density at radius 2 is 1.82 bits per heavy atom. The Bertz CT molecular complexity index is 1390. The Hall–Kier alpha value is -4.56. The van der Waals surface area contributed by atoms with E-state index >= 15 is 0 Å². The summed E-state index contributed by atoms with van der Waals surface area (Å²) in [6.45, 7) is 0. The molecule has 0 aromatic heterocycles. The van der Waals surface area contributed by atoms with Crippen molar-refractivity contribution in [3.8, 4) is 5.75 Å². The first-order chi connectivity index (χ1) is 16.4. The number of hydrogen-bond donors (Lipinski definition) is 0. The summed E-state index contributed by atoms with van der Waals surface area (Å²) in [5.41, 5.74) is 1.30. The molecule has 0 aliphatic carbocycles. The fourth-order valence-electron chi connectivity index (χ4n) is 3.05. The van der Waals surface area contributed by atoms with Crippen molar-refractivity contribution in [1.29, 1.82) is 0 Å². The molecule has 9 heteroatoms. The van der Waals surface area contributed by atoms with Crippen molar-refractivity contribution < 1.29 is 24.0 Å². The van der Waals surface area contributed by atoms with Crippen molar-refractivity contribution in [2.24, 2.45) is 4.99 Å². The molecule has 3 aromatic carbocycles. The van der Waals surface area contributed by atoms with E-state index in [4.69, 9.17) is 21.1 Å². The van der Waals surface area contributed by atoms with Crippen LogP contribution in [0.2, 0.25) is 5.02 Å². The van der Waals surface area contributed by atoms with E-state index in [-0.39, 0.29) is 23.0 Å². The molecule has 0 amide bonds. The van der Waals surface area contributed by atoms with E-state index in [9.17, 15) is 19.7 Å². The molecule has 4 rings (SSSR count). The van der Waals surface area contributed by atoms with Gasteiger partial charge in [-0.15, -0.1) is 0 Å². The topological polar surface area (TPSA) is 108 Å². The van der Waals surface area contributed by atoms with E-state index in [1.54, 1.807) is 54.6 Å². The number of ether oxygens (including phenoxy) is 2. The van der Waals surface area contributed by atoms with Crippen molar-refractivity contribution >= 4 is 47.3 Å². The number of esters is 2. The quantitative estimate of drug-likeness (QED) is 0.159. The van der Waals surface area contributed by atoms with Gasteiger partial charge in [0.25, 0.3) is 5.69 Å². The van der Waals surface area contributed by atoms with Gasteiger partial charge in [-0.2, -0.15) is 0 Å². The second-order valence-corrected chi connectivity index (χ2v) is 7.37. The van der Waals surface area contributed by atoms with E-state index in [1.807, 2.05) is 0 Å². The van der Waals surface area contributed by atoms with Crippen LogP contribution in [0.15, 0.2) is 89.6 Å². The molecule has 0 unspecified atom stereocenters.